The summed E-state index contributed by atoms with van der Waals surface area (Å²) in [7, 11) is 0. The zero-order valence-corrected chi connectivity index (χ0v) is 23.2. The Bertz CT molecular complexity index is 1600. The van der Waals surface area contributed by atoms with Gasteiger partial charge in [-0.2, -0.15) is 10.4 Å². The molecule has 41 heavy (non-hydrogen) atoms. The van der Waals surface area contributed by atoms with E-state index in [1.54, 1.807) is 86.9 Å². The van der Waals surface area contributed by atoms with Gasteiger partial charge in [0.15, 0.2) is 17.1 Å². The lowest BCUT2D eigenvalue weighted by molar-refractivity contribution is -0.134. The first-order valence-corrected chi connectivity index (χ1v) is 13.0. The highest BCUT2D eigenvalue weighted by molar-refractivity contribution is 5.97. The third-order valence-corrected chi connectivity index (χ3v) is 6.18. The predicted molar refractivity (Wildman–Crippen MR) is 152 cm³/mol. The first-order valence-electron chi connectivity index (χ1n) is 13.0. The molecule has 0 unspecified atom stereocenters. The normalized spacial score (nSPS) is 11.0. The van der Waals surface area contributed by atoms with Crippen LogP contribution < -0.4 is 20.1 Å². The number of carbonyl (C=O) groups is 2. The number of fused-ring (bicyclic) bond motifs is 1. The molecule has 0 saturated heterocycles. The number of ether oxygens (including phenoxy) is 3. The predicted octanol–water partition coefficient (Wildman–Crippen LogP) is 4.49. The average molecular weight is 558 g/mol. The van der Waals surface area contributed by atoms with Crippen molar-refractivity contribution in [3.8, 4) is 23.3 Å². The highest BCUT2D eigenvalue weighted by Crippen LogP contribution is 2.35. The number of anilines is 2. The number of carbonyl (C=O) groups excluding carboxylic acids is 2. The van der Waals surface area contributed by atoms with Gasteiger partial charge in [-0.25, -0.2) is 9.31 Å². The molecule has 0 aliphatic heterocycles. The van der Waals surface area contributed by atoms with E-state index in [-0.39, 0.29) is 25.7 Å². The SMILES string of the molecule is CCOC(=O)c1cn2ncc(C#N)c(Nc3ccc(Oc4ccccc4OC(C)(C)C(=O)NCCO)cc3)c2c1C. The van der Waals surface area contributed by atoms with Gasteiger partial charge < -0.3 is 30.0 Å². The van der Waals surface area contributed by atoms with Crippen molar-refractivity contribution in [2.24, 2.45) is 0 Å². The Morgan fingerprint density at radius 1 is 1.12 bits per heavy atom. The van der Waals surface area contributed by atoms with Gasteiger partial charge in [0.1, 0.15) is 11.8 Å². The maximum absolute atomic E-state index is 12.5. The van der Waals surface area contributed by atoms with E-state index in [1.807, 2.05) is 0 Å². The number of benzene rings is 2. The fourth-order valence-corrected chi connectivity index (χ4v) is 4.11. The number of nitrogens with one attached hydrogen (secondary N) is 2. The molecule has 1 amide bonds. The van der Waals surface area contributed by atoms with Gasteiger partial charge in [0.25, 0.3) is 5.91 Å². The monoisotopic (exact) mass is 557 g/mol. The van der Waals surface area contributed by atoms with Gasteiger partial charge in [0.2, 0.25) is 0 Å². The minimum atomic E-state index is -1.21. The number of aromatic nitrogens is 2. The van der Waals surface area contributed by atoms with Crippen molar-refractivity contribution in [3.05, 3.63) is 77.6 Å². The molecule has 0 spiro atoms. The second-order valence-corrected chi connectivity index (χ2v) is 9.52. The molecule has 0 atom stereocenters. The Morgan fingerprint density at radius 2 is 1.83 bits per heavy atom. The fraction of sp³-hybridized carbons (Fsp3) is 0.267. The van der Waals surface area contributed by atoms with E-state index < -0.39 is 11.6 Å². The van der Waals surface area contributed by atoms with E-state index >= 15 is 0 Å². The third kappa shape index (κ3) is 6.40. The summed E-state index contributed by atoms with van der Waals surface area (Å²) >= 11 is 0. The summed E-state index contributed by atoms with van der Waals surface area (Å²) in [5, 5.41) is 28.9. The molecule has 0 aliphatic rings. The molecule has 0 bridgehead atoms. The van der Waals surface area contributed by atoms with Gasteiger partial charge in [-0.3, -0.25) is 4.79 Å². The molecule has 0 radical (unpaired) electrons. The molecule has 2 aromatic carbocycles. The topological polar surface area (TPSA) is 147 Å². The van der Waals surface area contributed by atoms with Gasteiger partial charge in [-0.15, -0.1) is 0 Å². The van der Waals surface area contributed by atoms with Gasteiger partial charge >= 0.3 is 5.97 Å². The smallest absolute Gasteiger partial charge is 0.340 e. The van der Waals surface area contributed by atoms with E-state index in [0.29, 0.717) is 50.8 Å². The number of hydrogen-bond donors (Lipinski definition) is 3. The average Bonchev–Trinajstić information content (AvgIpc) is 3.30. The Labute approximate surface area is 237 Å². The lowest BCUT2D eigenvalue weighted by Gasteiger charge is -2.26. The van der Waals surface area contributed by atoms with Crippen molar-refractivity contribution >= 4 is 28.8 Å². The Balaban J connectivity index is 1.56. The first kappa shape index (κ1) is 28.9. The third-order valence-electron chi connectivity index (χ3n) is 6.18. The van der Waals surface area contributed by atoms with Crippen LogP contribution in [0.5, 0.6) is 17.2 Å². The van der Waals surface area contributed by atoms with Crippen LogP contribution in [0.15, 0.2) is 60.9 Å². The van der Waals surface area contributed by atoms with E-state index in [1.165, 1.54) is 6.20 Å². The number of rotatable bonds is 11. The summed E-state index contributed by atoms with van der Waals surface area (Å²) in [6, 6.07) is 16.2. The van der Waals surface area contributed by atoms with Crippen LogP contribution in [0.4, 0.5) is 11.4 Å². The summed E-state index contributed by atoms with van der Waals surface area (Å²) in [5.41, 5.74) is 1.88. The standard InChI is InChI=1S/C30H31N5O6/c1-5-39-28(37)23-18-35-27(19(23)2)26(20(16-31)17-33-35)34-21-10-12-22(13-11-21)40-24-8-6-7-9-25(24)41-30(3,4)29(38)32-14-15-36/h6-13,17-18,34,36H,5,14-15H2,1-4H3,(H,32,38). The Hall–Kier alpha value is -5.08. The van der Waals surface area contributed by atoms with E-state index in [2.05, 4.69) is 21.8 Å². The molecular weight excluding hydrogens is 526 g/mol. The molecule has 11 nitrogen and oxygen atoms in total. The van der Waals surface area contributed by atoms with Crippen LogP contribution in [0.3, 0.4) is 0 Å². The van der Waals surface area contributed by atoms with Crippen molar-refractivity contribution in [2.75, 3.05) is 25.1 Å². The largest absolute Gasteiger partial charge is 0.474 e. The fourth-order valence-electron chi connectivity index (χ4n) is 4.11. The molecule has 3 N–H and O–H groups in total. The second kappa shape index (κ2) is 12.4. The highest BCUT2D eigenvalue weighted by Gasteiger charge is 2.30. The number of amides is 1. The summed E-state index contributed by atoms with van der Waals surface area (Å²) in [6.07, 6.45) is 3.02. The number of esters is 1. The van der Waals surface area contributed by atoms with Crippen LogP contribution in [-0.4, -0.2) is 52.0 Å². The summed E-state index contributed by atoms with van der Waals surface area (Å²) in [5.74, 6) is 0.469. The number of aryl methyl sites for hydroxylation is 1. The van der Waals surface area contributed by atoms with Gasteiger partial charge in [0.05, 0.1) is 41.7 Å². The zero-order valence-electron chi connectivity index (χ0n) is 23.2. The maximum atomic E-state index is 12.5. The van der Waals surface area contributed by atoms with Crippen LogP contribution in [0.1, 0.15) is 42.3 Å². The van der Waals surface area contributed by atoms with Gasteiger partial charge in [0, 0.05) is 18.4 Å². The van der Waals surface area contributed by atoms with Crippen LogP contribution in [0.2, 0.25) is 0 Å². The summed E-state index contributed by atoms with van der Waals surface area (Å²) < 4.78 is 18.7. The highest BCUT2D eigenvalue weighted by atomic mass is 16.5. The molecule has 0 aliphatic carbocycles. The number of aliphatic hydroxyl groups excluding tert-OH is 1. The van der Waals surface area contributed by atoms with Gasteiger partial charge in [-0.05, 0) is 69.7 Å². The number of aliphatic hydroxyl groups is 1. The van der Waals surface area contributed by atoms with Crippen LogP contribution in [0.25, 0.3) is 5.52 Å². The van der Waals surface area contributed by atoms with Crippen LogP contribution >= 0.6 is 0 Å². The number of para-hydroxylation sites is 2. The molecule has 11 heteroatoms. The van der Waals surface area contributed by atoms with Crippen LogP contribution in [0, 0.1) is 18.3 Å². The molecule has 2 aromatic heterocycles. The Morgan fingerprint density at radius 3 is 2.49 bits per heavy atom. The van der Waals surface area contributed by atoms with Gasteiger partial charge in [-0.1, -0.05) is 12.1 Å². The molecule has 212 valence electrons. The van der Waals surface area contributed by atoms with Crippen molar-refractivity contribution in [3.63, 3.8) is 0 Å². The van der Waals surface area contributed by atoms with Crippen molar-refractivity contribution in [1.82, 2.24) is 14.9 Å². The molecule has 0 fully saturated rings. The second-order valence-electron chi connectivity index (χ2n) is 9.52. The van der Waals surface area contributed by atoms with E-state index in [9.17, 15) is 14.9 Å². The van der Waals surface area contributed by atoms with E-state index in [0.717, 1.165) is 0 Å². The molecule has 4 rings (SSSR count). The van der Waals surface area contributed by atoms with Crippen molar-refractivity contribution in [1.29, 1.82) is 5.26 Å². The minimum absolute atomic E-state index is 0.127. The van der Waals surface area contributed by atoms with Crippen LogP contribution in [-0.2, 0) is 9.53 Å². The maximum Gasteiger partial charge on any atom is 0.340 e. The Kier molecular flexibility index (Phi) is 8.75. The summed E-state index contributed by atoms with van der Waals surface area (Å²) in [6.45, 7) is 6.98. The molecule has 4 aromatic rings. The van der Waals surface area contributed by atoms with Crippen molar-refractivity contribution < 1.29 is 28.9 Å². The molecule has 2 heterocycles. The lowest BCUT2D eigenvalue weighted by atomic mass is 10.1. The molecule has 0 saturated carbocycles. The minimum Gasteiger partial charge on any atom is -0.474 e. The zero-order chi connectivity index (χ0) is 29.6. The molecular formula is C30H31N5O6. The van der Waals surface area contributed by atoms with E-state index in [4.69, 9.17) is 19.3 Å². The number of nitriles is 1. The summed E-state index contributed by atoms with van der Waals surface area (Å²) in [4.78, 5) is 24.9. The quantitative estimate of drug-likeness (QED) is 0.227. The number of nitrogens with zero attached hydrogens (tertiary/aromatic N) is 3. The first-order chi connectivity index (χ1) is 19.7. The van der Waals surface area contributed by atoms with Crippen molar-refractivity contribution in [2.45, 2.75) is 33.3 Å². The number of hydrogen-bond acceptors (Lipinski definition) is 9. The lowest BCUT2D eigenvalue weighted by Crippen LogP contribution is -2.47.